The van der Waals surface area contributed by atoms with Gasteiger partial charge in [-0.1, -0.05) is 47.1 Å². The summed E-state index contributed by atoms with van der Waals surface area (Å²) < 4.78 is 6.66. The molecule has 2 heterocycles. The van der Waals surface area contributed by atoms with Crippen LogP contribution < -0.4 is 10.9 Å². The van der Waals surface area contributed by atoms with Gasteiger partial charge in [-0.25, -0.2) is 4.98 Å². The van der Waals surface area contributed by atoms with Crippen LogP contribution in [0.1, 0.15) is 17.5 Å². The third kappa shape index (κ3) is 4.69. The van der Waals surface area contributed by atoms with Gasteiger partial charge in [0.1, 0.15) is 11.2 Å². The summed E-state index contributed by atoms with van der Waals surface area (Å²) in [6.07, 6.45) is 3.62. The van der Waals surface area contributed by atoms with Crippen LogP contribution in [-0.4, -0.2) is 26.9 Å². The van der Waals surface area contributed by atoms with Gasteiger partial charge in [0, 0.05) is 30.0 Å². The van der Waals surface area contributed by atoms with E-state index >= 15 is 0 Å². The Labute approximate surface area is 183 Å². The molecule has 0 atom stereocenters. The molecule has 0 saturated carbocycles. The first kappa shape index (κ1) is 20.9. The number of amides is 1. The molecule has 158 valence electrons. The fourth-order valence-corrected chi connectivity index (χ4v) is 3.58. The largest absolute Gasteiger partial charge is 0.352 e. The molecule has 2 aromatic heterocycles. The van der Waals surface area contributed by atoms with Gasteiger partial charge in [-0.2, -0.15) is 0 Å². The second kappa shape index (κ2) is 9.18. The second-order valence-corrected chi connectivity index (χ2v) is 8.07. The zero-order valence-electron chi connectivity index (χ0n) is 17.3. The van der Waals surface area contributed by atoms with Crippen molar-refractivity contribution in [3.05, 3.63) is 76.3 Å². The molecule has 0 aliphatic rings. The van der Waals surface area contributed by atoms with E-state index in [9.17, 15) is 9.59 Å². The van der Waals surface area contributed by atoms with Gasteiger partial charge >= 0.3 is 0 Å². The number of aryl methyl sites for hydroxylation is 2. The highest BCUT2D eigenvalue weighted by Gasteiger charge is 2.16. The first-order valence-corrected chi connectivity index (χ1v) is 11.1. The number of benzene rings is 2. The molecule has 0 fully saturated rings. The van der Waals surface area contributed by atoms with Crippen molar-refractivity contribution in [3.63, 3.8) is 0 Å². The number of hydrogen-bond donors (Lipinski definition) is 1. The van der Waals surface area contributed by atoms with Gasteiger partial charge in [0.15, 0.2) is 0 Å². The molecule has 0 aliphatic carbocycles. The number of hydrogen-bond acceptors (Lipinski definition) is 6. The zero-order chi connectivity index (χ0) is 21.8. The lowest BCUT2D eigenvalue weighted by atomic mass is 10.1. The molecule has 1 N–H and O–H groups in total. The van der Waals surface area contributed by atoms with Gasteiger partial charge in [0.25, 0.3) is 11.1 Å². The summed E-state index contributed by atoms with van der Waals surface area (Å²) in [5, 5.41) is 6.91. The van der Waals surface area contributed by atoms with Gasteiger partial charge in [0.2, 0.25) is 5.91 Å². The normalized spacial score (nSPS) is 11.0. The number of nitrogens with one attached hydrogen (secondary N) is 1. The molecular weight excluding hydrogens is 412 g/mol. The van der Waals surface area contributed by atoms with E-state index in [-0.39, 0.29) is 30.0 Å². The topological polar surface area (TPSA) is 90.0 Å². The van der Waals surface area contributed by atoms with Crippen LogP contribution in [0.5, 0.6) is 0 Å². The summed E-state index contributed by atoms with van der Waals surface area (Å²) in [4.78, 5) is 30.5. The van der Waals surface area contributed by atoms with E-state index in [0.29, 0.717) is 17.8 Å². The molecule has 0 aliphatic heterocycles. The molecule has 7 nitrogen and oxygen atoms in total. The van der Waals surface area contributed by atoms with Gasteiger partial charge < -0.3 is 9.84 Å². The summed E-state index contributed by atoms with van der Waals surface area (Å²) in [5.41, 5.74) is 3.68. The number of aromatic nitrogens is 3. The van der Waals surface area contributed by atoms with Crippen LogP contribution in [-0.2, 0) is 17.9 Å². The molecule has 2 aromatic carbocycles. The average molecular weight is 435 g/mol. The molecule has 0 spiro atoms. The Morgan fingerprint density at radius 1 is 1.13 bits per heavy atom. The Morgan fingerprint density at radius 2 is 1.87 bits per heavy atom. The third-order valence-corrected chi connectivity index (χ3v) is 5.75. The van der Waals surface area contributed by atoms with Crippen LogP contribution in [0.2, 0.25) is 0 Å². The summed E-state index contributed by atoms with van der Waals surface area (Å²) in [6, 6.07) is 15.8. The van der Waals surface area contributed by atoms with Crippen molar-refractivity contribution < 1.29 is 9.32 Å². The average Bonchev–Trinajstić information content (AvgIpc) is 3.23. The SMILES string of the molecule is CSc1ccc(CNC(=O)CCn2cnc3c(-c4ccc(C)cc4)noc3c2=O)cc1. The molecule has 4 rings (SSSR count). The van der Waals surface area contributed by atoms with Crippen molar-refractivity contribution in [1.29, 1.82) is 0 Å². The van der Waals surface area contributed by atoms with E-state index in [4.69, 9.17) is 4.52 Å². The lowest BCUT2D eigenvalue weighted by Crippen LogP contribution is -2.27. The quantitative estimate of drug-likeness (QED) is 0.445. The van der Waals surface area contributed by atoms with Crippen LogP contribution >= 0.6 is 11.8 Å². The predicted octanol–water partition coefficient (Wildman–Crippen LogP) is 3.79. The molecule has 31 heavy (non-hydrogen) atoms. The monoisotopic (exact) mass is 434 g/mol. The summed E-state index contributed by atoms with van der Waals surface area (Å²) >= 11 is 1.67. The van der Waals surface area contributed by atoms with Crippen molar-refractivity contribution in [2.75, 3.05) is 6.26 Å². The van der Waals surface area contributed by atoms with Crippen molar-refractivity contribution >= 4 is 28.8 Å². The Morgan fingerprint density at radius 3 is 2.58 bits per heavy atom. The Bertz CT molecular complexity index is 1260. The highest BCUT2D eigenvalue weighted by molar-refractivity contribution is 7.98. The van der Waals surface area contributed by atoms with E-state index < -0.39 is 0 Å². The molecule has 0 unspecified atom stereocenters. The first-order chi connectivity index (χ1) is 15.0. The van der Waals surface area contributed by atoms with E-state index in [2.05, 4.69) is 15.5 Å². The van der Waals surface area contributed by atoms with Crippen LogP contribution in [0.3, 0.4) is 0 Å². The summed E-state index contributed by atoms with van der Waals surface area (Å²) in [7, 11) is 0. The van der Waals surface area contributed by atoms with Crippen molar-refractivity contribution in [1.82, 2.24) is 20.0 Å². The van der Waals surface area contributed by atoms with Crippen molar-refractivity contribution in [3.8, 4) is 11.3 Å². The molecule has 0 saturated heterocycles. The zero-order valence-corrected chi connectivity index (χ0v) is 18.1. The minimum absolute atomic E-state index is 0.0902. The molecule has 4 aromatic rings. The Balaban J connectivity index is 1.41. The number of carbonyl (C=O) groups excluding carboxylic acids is 1. The number of nitrogens with zero attached hydrogens (tertiary/aromatic N) is 3. The number of rotatable bonds is 7. The number of carbonyl (C=O) groups is 1. The maximum Gasteiger partial charge on any atom is 0.299 e. The minimum atomic E-state index is -0.351. The summed E-state index contributed by atoms with van der Waals surface area (Å²) in [5.74, 6) is -0.140. The van der Waals surface area contributed by atoms with E-state index in [1.54, 1.807) is 11.8 Å². The van der Waals surface area contributed by atoms with Gasteiger partial charge in [-0.05, 0) is 30.9 Å². The maximum absolute atomic E-state index is 12.7. The summed E-state index contributed by atoms with van der Waals surface area (Å²) in [6.45, 7) is 2.65. The molecule has 1 amide bonds. The lowest BCUT2D eigenvalue weighted by molar-refractivity contribution is -0.121. The van der Waals surface area contributed by atoms with E-state index in [1.165, 1.54) is 15.8 Å². The van der Waals surface area contributed by atoms with Crippen molar-refractivity contribution in [2.45, 2.75) is 31.3 Å². The van der Waals surface area contributed by atoms with Gasteiger partial charge in [0.05, 0.1) is 6.33 Å². The number of thioether (sulfide) groups is 1. The van der Waals surface area contributed by atoms with Crippen LogP contribution in [0.15, 0.2) is 69.1 Å². The van der Waals surface area contributed by atoms with Crippen LogP contribution in [0.25, 0.3) is 22.4 Å². The maximum atomic E-state index is 12.7. The highest BCUT2D eigenvalue weighted by Crippen LogP contribution is 2.24. The first-order valence-electron chi connectivity index (χ1n) is 9.86. The fourth-order valence-electron chi connectivity index (χ4n) is 3.17. The predicted molar refractivity (Wildman–Crippen MR) is 121 cm³/mol. The smallest absolute Gasteiger partial charge is 0.299 e. The van der Waals surface area contributed by atoms with Gasteiger partial charge in [-0.15, -0.1) is 11.8 Å². The molecule has 8 heteroatoms. The third-order valence-electron chi connectivity index (χ3n) is 5.00. The van der Waals surface area contributed by atoms with E-state index in [1.807, 2.05) is 61.7 Å². The lowest BCUT2D eigenvalue weighted by Gasteiger charge is -2.07. The Kier molecular flexibility index (Phi) is 6.18. The molecule has 0 radical (unpaired) electrons. The minimum Gasteiger partial charge on any atom is -0.352 e. The Hall–Kier alpha value is -3.39. The molecular formula is C23H22N4O3S. The fraction of sp³-hybridized carbons (Fsp3) is 0.217. The van der Waals surface area contributed by atoms with Crippen LogP contribution in [0, 0.1) is 6.92 Å². The highest BCUT2D eigenvalue weighted by atomic mass is 32.2. The van der Waals surface area contributed by atoms with E-state index in [0.717, 1.165) is 16.7 Å². The number of fused-ring (bicyclic) bond motifs is 1. The van der Waals surface area contributed by atoms with Crippen LogP contribution in [0.4, 0.5) is 0 Å². The van der Waals surface area contributed by atoms with Crippen molar-refractivity contribution in [2.24, 2.45) is 0 Å². The standard InChI is InChI=1S/C23H22N4O3S/c1-15-3-7-17(8-4-15)20-21-22(30-26-20)23(29)27(14-25-21)12-11-19(28)24-13-16-5-9-18(31-2)10-6-16/h3-10,14H,11-13H2,1-2H3,(H,24,28). The van der Waals surface area contributed by atoms with Gasteiger partial charge in [-0.3, -0.25) is 14.2 Å². The second-order valence-electron chi connectivity index (χ2n) is 7.19. The molecule has 0 bridgehead atoms.